The number of nitrogens with zero attached hydrogens (tertiary/aromatic N) is 2. The van der Waals surface area contributed by atoms with E-state index in [2.05, 4.69) is 32.3 Å². The maximum atomic E-state index is 12.7. The zero-order chi connectivity index (χ0) is 24.6. The highest BCUT2D eigenvalue weighted by molar-refractivity contribution is 7.13. The van der Waals surface area contributed by atoms with Crippen LogP contribution in [0.5, 0.6) is 0 Å². The van der Waals surface area contributed by atoms with Crippen LogP contribution in [0.15, 0.2) is 30.2 Å². The topological polar surface area (TPSA) is 85.5 Å². The highest BCUT2D eigenvalue weighted by Crippen LogP contribution is 2.38. The number of carbonyl (C=O) groups excluding carboxylic acids is 2. The van der Waals surface area contributed by atoms with Gasteiger partial charge in [-0.25, -0.2) is 4.98 Å². The van der Waals surface area contributed by atoms with E-state index in [0.717, 1.165) is 33.3 Å². The minimum Gasteiger partial charge on any atom is -0.462 e. The molecule has 1 atom stereocenters. The average Bonchev–Trinajstić information content (AvgIpc) is 3.37. The van der Waals surface area contributed by atoms with Gasteiger partial charge in [-0.15, -0.1) is 11.3 Å². The summed E-state index contributed by atoms with van der Waals surface area (Å²) in [6, 6.07) is -0.494. The van der Waals surface area contributed by atoms with Crippen LogP contribution in [0.25, 0.3) is 5.57 Å². The monoisotopic (exact) mass is 461 g/mol. The van der Waals surface area contributed by atoms with Gasteiger partial charge in [-0.3, -0.25) is 9.59 Å². The first-order valence-electron chi connectivity index (χ1n) is 11.4. The summed E-state index contributed by atoms with van der Waals surface area (Å²) in [4.78, 5) is 31.4. The maximum absolute atomic E-state index is 12.7. The van der Waals surface area contributed by atoms with Crippen LogP contribution in [-0.4, -0.2) is 34.3 Å². The van der Waals surface area contributed by atoms with Crippen molar-refractivity contribution in [1.29, 1.82) is 0 Å². The molecule has 0 saturated carbocycles. The third-order valence-electron chi connectivity index (χ3n) is 4.89. The van der Waals surface area contributed by atoms with Crippen molar-refractivity contribution in [2.45, 2.75) is 80.7 Å². The molecule has 1 saturated heterocycles. The molecule has 1 fully saturated rings. The number of likely N-dealkylation sites (tertiary alicyclic amines) is 1. The Labute approximate surface area is 197 Å². The molecule has 2 aliphatic rings. The van der Waals surface area contributed by atoms with Gasteiger partial charge < -0.3 is 15.4 Å². The maximum Gasteiger partial charge on any atom is 0.240 e. The molecule has 6 nitrogen and oxygen atoms in total. The number of amides is 2. The Morgan fingerprint density at radius 2 is 1.88 bits per heavy atom. The van der Waals surface area contributed by atoms with Crippen LogP contribution < -0.4 is 5.73 Å². The van der Waals surface area contributed by atoms with Crippen molar-refractivity contribution in [3.63, 3.8) is 0 Å². The van der Waals surface area contributed by atoms with Crippen molar-refractivity contribution in [3.05, 3.63) is 45.8 Å². The fourth-order valence-electron chi connectivity index (χ4n) is 3.44. The number of ether oxygens (including phenoxy) is 1. The van der Waals surface area contributed by atoms with E-state index in [4.69, 9.17) is 10.5 Å². The lowest BCUT2D eigenvalue weighted by Crippen LogP contribution is -2.44. The predicted octanol–water partition coefficient (Wildman–Crippen LogP) is 5.38. The van der Waals surface area contributed by atoms with Gasteiger partial charge in [-0.05, 0) is 31.9 Å². The first-order chi connectivity index (χ1) is 15.1. The van der Waals surface area contributed by atoms with Gasteiger partial charge >= 0.3 is 0 Å². The molecule has 1 unspecified atom stereocenters. The summed E-state index contributed by atoms with van der Waals surface area (Å²) in [6.07, 6.45) is 5.53. The smallest absolute Gasteiger partial charge is 0.240 e. The number of allylic oxidation sites excluding steroid dienone is 4. The van der Waals surface area contributed by atoms with E-state index in [1.807, 2.05) is 46.8 Å². The minimum absolute atomic E-state index is 0.0992. The van der Waals surface area contributed by atoms with Crippen LogP contribution in [0.4, 0.5) is 0 Å². The van der Waals surface area contributed by atoms with Gasteiger partial charge in [0.05, 0.1) is 17.0 Å². The third kappa shape index (κ3) is 6.79. The molecule has 0 aliphatic carbocycles. The van der Waals surface area contributed by atoms with Crippen LogP contribution in [0.1, 0.15) is 76.9 Å². The van der Waals surface area contributed by atoms with Crippen LogP contribution in [-0.2, 0) is 20.7 Å². The van der Waals surface area contributed by atoms with Gasteiger partial charge in [0, 0.05) is 17.5 Å². The van der Waals surface area contributed by atoms with Crippen molar-refractivity contribution in [1.82, 2.24) is 9.88 Å². The quantitative estimate of drug-likeness (QED) is 0.652. The van der Waals surface area contributed by atoms with E-state index in [9.17, 15) is 9.59 Å². The molecule has 1 aromatic heterocycles. The van der Waals surface area contributed by atoms with Crippen molar-refractivity contribution in [2.24, 2.45) is 11.1 Å². The lowest BCUT2D eigenvalue weighted by molar-refractivity contribution is -0.136. The first kappa shape index (κ1) is 27.6. The molecule has 0 bridgehead atoms. The minimum atomic E-state index is -0.494. The molecule has 2 amide bonds. The number of rotatable bonds is 4. The number of aromatic nitrogens is 1. The molecule has 178 valence electrons. The summed E-state index contributed by atoms with van der Waals surface area (Å²) in [5.74, 6) is 0.904. The van der Waals surface area contributed by atoms with Gasteiger partial charge in [-0.1, -0.05) is 55.0 Å². The first-order valence-corrected chi connectivity index (χ1v) is 12.2. The largest absolute Gasteiger partial charge is 0.462 e. The van der Waals surface area contributed by atoms with E-state index in [1.165, 1.54) is 11.3 Å². The average molecular weight is 462 g/mol. The van der Waals surface area contributed by atoms with Crippen molar-refractivity contribution >= 4 is 28.7 Å². The molecule has 2 aliphatic heterocycles. The fraction of sp³-hybridized carbons (Fsp3) is 0.560. The standard InChI is InChI=1S/C21H27N3O3S.2C2H6/c1-12-9-14(10-16(27-12)21(3,4)5)19-13(2)23-17(28-19)11-18(25)24-8-6-7-15(24)20(22)26;2*1-2/h9-10,15H,1,6-8,11H2,2-5H3,(H2,22,26);2*1-2H3. The summed E-state index contributed by atoms with van der Waals surface area (Å²) in [7, 11) is 0. The second-order valence-electron chi connectivity index (χ2n) is 8.27. The Morgan fingerprint density at radius 1 is 1.25 bits per heavy atom. The van der Waals surface area contributed by atoms with Gasteiger partial charge in [0.25, 0.3) is 0 Å². The number of hydrogen-bond acceptors (Lipinski definition) is 5. The molecule has 3 heterocycles. The predicted molar refractivity (Wildman–Crippen MR) is 133 cm³/mol. The molecular weight excluding hydrogens is 422 g/mol. The number of aryl methyl sites for hydroxylation is 1. The summed E-state index contributed by atoms with van der Waals surface area (Å²) in [6.45, 7) is 20.7. The van der Waals surface area contributed by atoms with E-state index in [0.29, 0.717) is 18.7 Å². The Balaban J connectivity index is 0.00000121. The molecule has 0 spiro atoms. The number of thiazole rings is 1. The SMILES string of the molecule is C=C1C=C(c2sc(CC(=O)N3CCCC3C(N)=O)nc2C)C=C(C(C)(C)C)O1.CC.CC. The van der Waals surface area contributed by atoms with Gasteiger partial charge in [0.15, 0.2) is 0 Å². The summed E-state index contributed by atoms with van der Waals surface area (Å²) < 4.78 is 5.79. The Kier molecular flexibility index (Phi) is 10.4. The molecule has 2 N–H and O–H groups in total. The van der Waals surface area contributed by atoms with Crippen LogP contribution >= 0.6 is 11.3 Å². The third-order valence-corrected chi connectivity index (χ3v) is 6.10. The van der Waals surface area contributed by atoms with Crippen molar-refractivity contribution in [3.8, 4) is 0 Å². The molecule has 1 aromatic rings. The number of hydrogen-bond donors (Lipinski definition) is 1. The van der Waals surface area contributed by atoms with Gasteiger partial charge in [-0.2, -0.15) is 0 Å². The highest BCUT2D eigenvalue weighted by Gasteiger charge is 2.33. The fourth-order valence-corrected chi connectivity index (χ4v) is 4.49. The van der Waals surface area contributed by atoms with Crippen LogP contribution in [0, 0.1) is 12.3 Å². The normalized spacial score (nSPS) is 17.8. The lowest BCUT2D eigenvalue weighted by atomic mass is 9.91. The Bertz CT molecular complexity index is 891. The number of primary amides is 1. The van der Waals surface area contributed by atoms with Crippen LogP contribution in [0.3, 0.4) is 0 Å². The molecule has 0 radical (unpaired) electrons. The molecule has 7 heteroatoms. The summed E-state index contributed by atoms with van der Waals surface area (Å²) in [5, 5.41) is 0.733. The van der Waals surface area contributed by atoms with E-state index in [-0.39, 0.29) is 17.7 Å². The highest BCUT2D eigenvalue weighted by atomic mass is 32.1. The second-order valence-corrected chi connectivity index (χ2v) is 9.36. The zero-order valence-corrected chi connectivity index (χ0v) is 21.7. The second kappa shape index (κ2) is 12.0. The zero-order valence-electron chi connectivity index (χ0n) is 20.9. The van der Waals surface area contributed by atoms with E-state index >= 15 is 0 Å². The Morgan fingerprint density at radius 3 is 2.44 bits per heavy atom. The molecule has 3 rings (SSSR count). The van der Waals surface area contributed by atoms with Crippen molar-refractivity contribution in [2.75, 3.05) is 6.54 Å². The van der Waals surface area contributed by atoms with Crippen molar-refractivity contribution < 1.29 is 14.3 Å². The van der Waals surface area contributed by atoms with Gasteiger partial charge in [0.1, 0.15) is 22.6 Å². The molecule has 0 aromatic carbocycles. The van der Waals surface area contributed by atoms with E-state index < -0.39 is 11.9 Å². The van der Waals surface area contributed by atoms with E-state index in [1.54, 1.807) is 4.90 Å². The lowest BCUT2D eigenvalue weighted by Gasteiger charge is -2.26. The van der Waals surface area contributed by atoms with Crippen LogP contribution in [0.2, 0.25) is 0 Å². The molecular formula is C25H39N3O3S. The summed E-state index contributed by atoms with van der Waals surface area (Å²) in [5.41, 5.74) is 7.15. The molecule has 32 heavy (non-hydrogen) atoms. The van der Waals surface area contributed by atoms with Gasteiger partial charge in [0.2, 0.25) is 11.8 Å². The Hall–Kier alpha value is -2.41. The summed E-state index contributed by atoms with van der Waals surface area (Å²) >= 11 is 1.49. The number of nitrogens with two attached hydrogens (primary N) is 1. The number of carbonyl (C=O) groups is 2.